The Labute approximate surface area is 64.6 Å². The Balaban J connectivity index is 0. The molecule has 0 rings (SSSR count). The summed E-state index contributed by atoms with van der Waals surface area (Å²) in [6.45, 7) is 0. The molecule has 0 bridgehead atoms. The van der Waals surface area contributed by atoms with Gasteiger partial charge in [-0.25, -0.2) is 5.14 Å². The average molecular weight is 134 g/mol. The van der Waals surface area contributed by atoms with Crippen LogP contribution in [-0.4, -0.2) is 45.1 Å². The summed E-state index contributed by atoms with van der Waals surface area (Å²) in [6, 6.07) is 0. The van der Waals surface area contributed by atoms with E-state index in [1.165, 1.54) is 0 Å². The molecule has 0 atom stereocenters. The maximum Gasteiger partial charge on any atom is 0.333 e. The molecule has 0 unspecified atom stereocenters. The molecular weight excluding hydrogens is 129 g/mol. The summed E-state index contributed by atoms with van der Waals surface area (Å²) in [7, 11) is -2.67. The maximum absolute atomic E-state index is 9.56. The second-order valence-corrected chi connectivity index (χ2v) is 1.98. The molecule has 0 aromatic heterocycles. The first-order valence-electron chi connectivity index (χ1n) is 1.14. The van der Waals surface area contributed by atoms with Crippen molar-refractivity contribution in [2.24, 2.45) is 5.14 Å². The quantitative estimate of drug-likeness (QED) is 0.441. The second-order valence-electron chi connectivity index (χ2n) is 0.659. The van der Waals surface area contributed by atoms with E-state index in [9.17, 15) is 8.42 Å². The van der Waals surface area contributed by atoms with E-state index < -0.39 is 10.3 Å². The van der Waals surface area contributed by atoms with Gasteiger partial charge in [0.2, 0.25) is 0 Å². The van der Waals surface area contributed by atoms with Crippen LogP contribution < -0.4 is 5.14 Å². The van der Waals surface area contributed by atoms with Crippen LogP contribution in [0.15, 0.2) is 0 Å². The summed E-state index contributed by atoms with van der Waals surface area (Å²) in [5.41, 5.74) is 0. The Bertz CT molecular complexity index is 117. The smallest absolute Gasteiger partial charge is 0.262 e. The van der Waals surface area contributed by atoms with Crippen LogP contribution in [0.5, 0.6) is 0 Å². The third-order valence-corrected chi connectivity index (χ3v) is 0.697. The van der Waals surface area contributed by atoms with Gasteiger partial charge < -0.3 is 0 Å². The van der Waals surface area contributed by atoms with Crippen molar-refractivity contribution in [3.05, 3.63) is 0 Å². The van der Waals surface area contributed by atoms with Gasteiger partial charge in [-0.15, -0.1) is 0 Å². The third-order valence-electron chi connectivity index (χ3n) is 0.232. The molecule has 0 aromatic carbocycles. The molecule has 0 saturated heterocycles. The Morgan fingerprint density at radius 1 is 1.57 bits per heavy atom. The Hall–Kier alpha value is 0.870. The molecule has 39 valence electrons. The summed E-state index contributed by atoms with van der Waals surface area (Å²) in [5, 5.41) is 4.28. The zero-order valence-corrected chi connectivity index (χ0v) is 7.03. The summed E-state index contributed by atoms with van der Waals surface area (Å²) < 4.78 is 22.8. The van der Waals surface area contributed by atoms with Crippen LogP contribution in [0.4, 0.5) is 0 Å². The minimum atomic E-state index is -3.66. The van der Waals surface area contributed by atoms with Gasteiger partial charge in [0.25, 0.3) is 0 Å². The third kappa shape index (κ3) is 10.9. The fraction of sp³-hybridized carbons (Fsp3) is 1.00. The Morgan fingerprint density at radius 2 is 1.71 bits per heavy atom. The van der Waals surface area contributed by atoms with Gasteiger partial charge in [0, 0.05) is 29.6 Å². The first-order chi connectivity index (χ1) is 2.56. The molecule has 0 aliphatic heterocycles. The molecule has 2 N–H and O–H groups in total. The Kier molecular flexibility index (Phi) is 5.89. The van der Waals surface area contributed by atoms with Gasteiger partial charge in [0.05, 0.1) is 7.11 Å². The number of nitrogens with two attached hydrogens (primary N) is 1. The van der Waals surface area contributed by atoms with E-state index in [1.54, 1.807) is 0 Å². The van der Waals surface area contributed by atoms with Crippen molar-refractivity contribution in [1.82, 2.24) is 0 Å². The summed E-state index contributed by atoms with van der Waals surface area (Å²) in [6.07, 6.45) is 0. The number of hydrogen-bond acceptors (Lipinski definition) is 3. The minimum absolute atomic E-state index is 0. The molecule has 0 aliphatic rings. The van der Waals surface area contributed by atoms with Crippen LogP contribution in [0, 0.1) is 0 Å². The van der Waals surface area contributed by atoms with Crippen LogP contribution in [0.1, 0.15) is 0 Å². The van der Waals surface area contributed by atoms with E-state index >= 15 is 0 Å². The fourth-order valence-electron chi connectivity index (χ4n) is 0. The van der Waals surface area contributed by atoms with Gasteiger partial charge in [-0.05, 0) is 0 Å². The number of hydrogen-bond donors (Lipinski definition) is 1. The summed E-state index contributed by atoms with van der Waals surface area (Å²) >= 11 is 0. The zero-order valence-electron chi connectivity index (χ0n) is 4.21. The molecular formula is CH5NNaO3S. The van der Waals surface area contributed by atoms with Crippen molar-refractivity contribution in [2.45, 2.75) is 0 Å². The van der Waals surface area contributed by atoms with Crippen molar-refractivity contribution >= 4 is 39.9 Å². The molecule has 0 amide bonds. The molecule has 0 saturated carbocycles. The molecule has 0 fully saturated rings. The topological polar surface area (TPSA) is 69.4 Å². The normalized spacial score (nSPS) is 10.0. The molecule has 6 heteroatoms. The number of rotatable bonds is 1. The van der Waals surface area contributed by atoms with Gasteiger partial charge in [-0.2, -0.15) is 8.42 Å². The summed E-state index contributed by atoms with van der Waals surface area (Å²) in [5.74, 6) is 0. The molecule has 0 aliphatic carbocycles. The van der Waals surface area contributed by atoms with Crippen molar-refractivity contribution in [3.63, 3.8) is 0 Å². The minimum Gasteiger partial charge on any atom is -0.262 e. The van der Waals surface area contributed by atoms with Crippen molar-refractivity contribution in [1.29, 1.82) is 0 Å². The molecule has 0 spiro atoms. The average Bonchev–Trinajstić information content (AvgIpc) is 1.35. The molecule has 7 heavy (non-hydrogen) atoms. The van der Waals surface area contributed by atoms with E-state index in [2.05, 4.69) is 9.32 Å². The van der Waals surface area contributed by atoms with Gasteiger partial charge >= 0.3 is 10.3 Å². The van der Waals surface area contributed by atoms with E-state index in [0.29, 0.717) is 0 Å². The van der Waals surface area contributed by atoms with Crippen LogP contribution in [0.25, 0.3) is 0 Å². The van der Waals surface area contributed by atoms with Gasteiger partial charge in [0.15, 0.2) is 0 Å². The molecule has 4 nitrogen and oxygen atoms in total. The summed E-state index contributed by atoms with van der Waals surface area (Å²) in [4.78, 5) is 0. The zero-order chi connectivity index (χ0) is 5.21. The first-order valence-corrected chi connectivity index (χ1v) is 2.62. The predicted molar refractivity (Wildman–Crippen MR) is 25.9 cm³/mol. The van der Waals surface area contributed by atoms with Crippen LogP contribution in [-0.2, 0) is 14.5 Å². The monoisotopic (exact) mass is 134 g/mol. The van der Waals surface area contributed by atoms with Crippen LogP contribution >= 0.6 is 0 Å². The molecule has 0 heterocycles. The van der Waals surface area contributed by atoms with E-state index in [0.717, 1.165) is 7.11 Å². The standard InChI is InChI=1S/CH5NO3S.Na/c1-5-6(2,3)4;/h1H3,(H2,2,3,4);. The second kappa shape index (κ2) is 3.82. The molecule has 0 aromatic rings. The van der Waals surface area contributed by atoms with Gasteiger partial charge in [-0.3, -0.25) is 4.18 Å². The van der Waals surface area contributed by atoms with Crippen LogP contribution in [0.3, 0.4) is 0 Å². The molecule has 1 radical (unpaired) electrons. The van der Waals surface area contributed by atoms with Gasteiger partial charge in [0.1, 0.15) is 0 Å². The first kappa shape index (κ1) is 10.8. The predicted octanol–water partition coefficient (Wildman–Crippen LogP) is -1.54. The van der Waals surface area contributed by atoms with Crippen molar-refractivity contribution in [2.75, 3.05) is 7.11 Å². The van der Waals surface area contributed by atoms with Crippen molar-refractivity contribution in [3.8, 4) is 0 Å². The largest absolute Gasteiger partial charge is 0.333 e. The maximum atomic E-state index is 9.56. The van der Waals surface area contributed by atoms with Crippen LogP contribution in [0.2, 0.25) is 0 Å². The fourth-order valence-corrected chi connectivity index (χ4v) is 0. The van der Waals surface area contributed by atoms with E-state index in [4.69, 9.17) is 0 Å². The Morgan fingerprint density at radius 3 is 1.71 bits per heavy atom. The van der Waals surface area contributed by atoms with Crippen molar-refractivity contribution < 1.29 is 12.6 Å². The van der Waals surface area contributed by atoms with E-state index in [-0.39, 0.29) is 29.6 Å². The SMILES string of the molecule is COS(N)(=O)=O.[Na]. The van der Waals surface area contributed by atoms with E-state index in [1.807, 2.05) is 0 Å². The van der Waals surface area contributed by atoms with Gasteiger partial charge in [-0.1, -0.05) is 0 Å².